The topological polar surface area (TPSA) is 49.8 Å². The molecular weight excluding hydrogens is 230 g/mol. The van der Waals surface area contributed by atoms with Gasteiger partial charge in [-0.05, 0) is 19.0 Å². The summed E-state index contributed by atoms with van der Waals surface area (Å²) in [5.74, 6) is 0.0573. The van der Waals surface area contributed by atoms with E-state index in [0.29, 0.717) is 6.54 Å². The number of hydrogen-bond donors (Lipinski definition) is 1. The zero-order chi connectivity index (χ0) is 13.7. The van der Waals surface area contributed by atoms with Gasteiger partial charge in [0.15, 0.2) is 0 Å². The second kappa shape index (κ2) is 6.40. The minimum Gasteiger partial charge on any atom is -0.496 e. The molecule has 0 aliphatic carbocycles. The highest BCUT2D eigenvalue weighted by atomic mass is 16.5. The minimum atomic E-state index is -0.789. The molecule has 0 aromatic heterocycles. The van der Waals surface area contributed by atoms with Crippen LogP contribution in [0.15, 0.2) is 24.3 Å². The minimum absolute atomic E-state index is 0.0576. The zero-order valence-electron chi connectivity index (χ0n) is 11.4. The SMILES string of the molecule is COc1ccccc1CN(C)C(C(=O)O)C(C)C. The number of rotatable bonds is 6. The summed E-state index contributed by atoms with van der Waals surface area (Å²) in [6.45, 7) is 4.38. The summed E-state index contributed by atoms with van der Waals surface area (Å²) in [4.78, 5) is 13.1. The van der Waals surface area contributed by atoms with Crippen molar-refractivity contribution in [3.05, 3.63) is 29.8 Å². The van der Waals surface area contributed by atoms with Gasteiger partial charge in [-0.1, -0.05) is 32.0 Å². The molecule has 0 saturated heterocycles. The van der Waals surface area contributed by atoms with Crippen molar-refractivity contribution in [2.75, 3.05) is 14.2 Å². The van der Waals surface area contributed by atoms with E-state index in [-0.39, 0.29) is 5.92 Å². The molecule has 1 aromatic rings. The molecule has 100 valence electrons. The number of likely N-dealkylation sites (N-methyl/N-ethyl adjacent to an activating group) is 1. The summed E-state index contributed by atoms with van der Waals surface area (Å²) in [6, 6.07) is 7.18. The normalized spacial score (nSPS) is 12.8. The van der Waals surface area contributed by atoms with Crippen LogP contribution in [0.25, 0.3) is 0 Å². The molecule has 0 bridgehead atoms. The molecule has 0 saturated carbocycles. The lowest BCUT2D eigenvalue weighted by molar-refractivity contribution is -0.144. The third-order valence-electron chi connectivity index (χ3n) is 2.97. The molecule has 0 aliphatic heterocycles. The van der Waals surface area contributed by atoms with Crippen molar-refractivity contribution in [3.63, 3.8) is 0 Å². The number of aliphatic carboxylic acids is 1. The molecular formula is C14H21NO3. The molecule has 4 nitrogen and oxygen atoms in total. The Bertz CT molecular complexity index is 404. The van der Waals surface area contributed by atoms with Crippen molar-refractivity contribution in [2.24, 2.45) is 5.92 Å². The monoisotopic (exact) mass is 251 g/mol. The molecule has 18 heavy (non-hydrogen) atoms. The average Bonchev–Trinajstić information content (AvgIpc) is 2.28. The summed E-state index contributed by atoms with van der Waals surface area (Å²) in [5, 5.41) is 9.25. The van der Waals surface area contributed by atoms with Crippen LogP contribution < -0.4 is 4.74 Å². The van der Waals surface area contributed by atoms with E-state index in [0.717, 1.165) is 11.3 Å². The Morgan fingerprint density at radius 1 is 1.39 bits per heavy atom. The van der Waals surface area contributed by atoms with Crippen molar-refractivity contribution >= 4 is 5.97 Å². The smallest absolute Gasteiger partial charge is 0.321 e. The van der Waals surface area contributed by atoms with Gasteiger partial charge in [-0.3, -0.25) is 9.69 Å². The van der Waals surface area contributed by atoms with E-state index in [1.54, 1.807) is 7.11 Å². The van der Waals surface area contributed by atoms with Gasteiger partial charge < -0.3 is 9.84 Å². The fraction of sp³-hybridized carbons (Fsp3) is 0.500. The first-order valence-corrected chi connectivity index (χ1v) is 6.02. The van der Waals surface area contributed by atoms with Gasteiger partial charge in [-0.15, -0.1) is 0 Å². The Balaban J connectivity index is 2.85. The van der Waals surface area contributed by atoms with E-state index >= 15 is 0 Å². The fourth-order valence-corrected chi connectivity index (χ4v) is 2.18. The summed E-state index contributed by atoms with van der Waals surface area (Å²) in [7, 11) is 3.45. The molecule has 4 heteroatoms. The lowest BCUT2D eigenvalue weighted by atomic mass is 10.0. The van der Waals surface area contributed by atoms with Gasteiger partial charge >= 0.3 is 5.97 Å². The van der Waals surface area contributed by atoms with E-state index in [2.05, 4.69) is 0 Å². The van der Waals surface area contributed by atoms with Crippen LogP contribution in [-0.2, 0) is 11.3 Å². The molecule has 1 unspecified atom stereocenters. The largest absolute Gasteiger partial charge is 0.496 e. The molecule has 0 amide bonds. The summed E-state index contributed by atoms with van der Waals surface area (Å²) < 4.78 is 5.27. The van der Waals surface area contributed by atoms with Crippen molar-refractivity contribution < 1.29 is 14.6 Å². The van der Waals surface area contributed by atoms with Crippen LogP contribution in [0.3, 0.4) is 0 Å². The van der Waals surface area contributed by atoms with Crippen LogP contribution in [0.1, 0.15) is 19.4 Å². The second-order valence-corrected chi connectivity index (χ2v) is 4.75. The fourth-order valence-electron chi connectivity index (χ4n) is 2.18. The Hall–Kier alpha value is -1.55. The highest BCUT2D eigenvalue weighted by Crippen LogP contribution is 2.21. The number of hydrogen-bond acceptors (Lipinski definition) is 3. The molecule has 0 fully saturated rings. The summed E-state index contributed by atoms with van der Waals surface area (Å²) in [5.41, 5.74) is 0.995. The van der Waals surface area contributed by atoms with Crippen molar-refractivity contribution in [3.8, 4) is 5.75 Å². The van der Waals surface area contributed by atoms with Crippen LogP contribution in [0, 0.1) is 5.92 Å². The standard InChI is InChI=1S/C14H21NO3/c1-10(2)13(14(16)17)15(3)9-11-7-5-6-8-12(11)18-4/h5-8,10,13H,9H2,1-4H3,(H,16,17). The van der Waals surface area contributed by atoms with Crippen LogP contribution in [0.4, 0.5) is 0 Å². The van der Waals surface area contributed by atoms with E-state index in [1.165, 1.54) is 0 Å². The molecule has 0 spiro atoms. The van der Waals surface area contributed by atoms with E-state index in [4.69, 9.17) is 4.74 Å². The third-order valence-corrected chi connectivity index (χ3v) is 2.97. The van der Waals surface area contributed by atoms with E-state index in [1.807, 2.05) is 50.1 Å². The first kappa shape index (κ1) is 14.5. The summed E-state index contributed by atoms with van der Waals surface area (Å²) in [6.07, 6.45) is 0. The first-order valence-electron chi connectivity index (χ1n) is 6.02. The predicted molar refractivity (Wildman–Crippen MR) is 70.7 cm³/mol. The maximum Gasteiger partial charge on any atom is 0.321 e. The summed E-state index contributed by atoms with van der Waals surface area (Å²) >= 11 is 0. The second-order valence-electron chi connectivity index (χ2n) is 4.75. The quantitative estimate of drug-likeness (QED) is 0.842. The van der Waals surface area contributed by atoms with Gasteiger partial charge in [0.2, 0.25) is 0 Å². The predicted octanol–water partition coefficient (Wildman–Crippen LogP) is 2.24. The highest BCUT2D eigenvalue weighted by Gasteiger charge is 2.26. The molecule has 0 aliphatic rings. The molecule has 1 aromatic carbocycles. The number of carboxylic acid groups (broad SMARTS) is 1. The molecule has 1 rings (SSSR count). The zero-order valence-corrected chi connectivity index (χ0v) is 11.4. The van der Waals surface area contributed by atoms with Crippen LogP contribution >= 0.6 is 0 Å². The van der Waals surface area contributed by atoms with Crippen LogP contribution in [-0.4, -0.2) is 36.2 Å². The highest BCUT2D eigenvalue weighted by molar-refractivity contribution is 5.73. The van der Waals surface area contributed by atoms with E-state index < -0.39 is 12.0 Å². The Kier molecular flexibility index (Phi) is 5.16. The average molecular weight is 251 g/mol. The van der Waals surface area contributed by atoms with Crippen molar-refractivity contribution in [1.82, 2.24) is 4.90 Å². The Labute approximate surface area is 108 Å². The molecule has 0 heterocycles. The van der Waals surface area contributed by atoms with Gasteiger partial charge in [0, 0.05) is 12.1 Å². The molecule has 1 atom stereocenters. The van der Waals surface area contributed by atoms with Gasteiger partial charge in [0.25, 0.3) is 0 Å². The van der Waals surface area contributed by atoms with E-state index in [9.17, 15) is 9.90 Å². The third kappa shape index (κ3) is 3.47. The van der Waals surface area contributed by atoms with Crippen LogP contribution in [0.5, 0.6) is 5.75 Å². The Morgan fingerprint density at radius 2 is 2.00 bits per heavy atom. The van der Waals surface area contributed by atoms with Gasteiger partial charge in [0.05, 0.1) is 7.11 Å². The maximum atomic E-state index is 11.3. The van der Waals surface area contributed by atoms with Gasteiger partial charge in [-0.2, -0.15) is 0 Å². The lowest BCUT2D eigenvalue weighted by Gasteiger charge is -2.28. The lowest BCUT2D eigenvalue weighted by Crippen LogP contribution is -2.41. The van der Waals surface area contributed by atoms with Crippen molar-refractivity contribution in [1.29, 1.82) is 0 Å². The number of carbonyl (C=O) groups is 1. The van der Waals surface area contributed by atoms with Crippen LogP contribution in [0.2, 0.25) is 0 Å². The van der Waals surface area contributed by atoms with Gasteiger partial charge in [-0.25, -0.2) is 0 Å². The number of benzene rings is 1. The first-order chi connectivity index (χ1) is 8.47. The molecule has 1 N–H and O–H groups in total. The number of para-hydroxylation sites is 1. The molecule has 0 radical (unpaired) electrons. The Morgan fingerprint density at radius 3 is 2.50 bits per heavy atom. The van der Waals surface area contributed by atoms with Gasteiger partial charge in [0.1, 0.15) is 11.8 Å². The maximum absolute atomic E-state index is 11.3. The number of ether oxygens (including phenoxy) is 1. The van der Waals surface area contributed by atoms with Crippen molar-refractivity contribution in [2.45, 2.75) is 26.4 Å². The number of methoxy groups -OCH3 is 1. The number of nitrogens with zero attached hydrogens (tertiary/aromatic N) is 1. The number of carboxylic acids is 1.